The Kier molecular flexibility index (Phi) is 5.76. The lowest BCUT2D eigenvalue weighted by Crippen LogP contribution is -2.24. The van der Waals surface area contributed by atoms with Gasteiger partial charge in [0.2, 0.25) is 0 Å². The van der Waals surface area contributed by atoms with Gasteiger partial charge in [0.1, 0.15) is 11.4 Å². The van der Waals surface area contributed by atoms with Crippen molar-refractivity contribution in [3.05, 3.63) is 89.4 Å². The number of ether oxygens (including phenoxy) is 1. The Morgan fingerprint density at radius 3 is 2.41 bits per heavy atom. The van der Waals surface area contributed by atoms with Gasteiger partial charge < -0.3 is 10.5 Å². The van der Waals surface area contributed by atoms with Crippen LogP contribution in [0.1, 0.15) is 11.1 Å². The first-order valence-corrected chi connectivity index (χ1v) is 8.30. The monoisotopic (exact) mass is 407 g/mol. The molecule has 0 aliphatic carbocycles. The van der Waals surface area contributed by atoms with Crippen LogP contribution in [0.15, 0.2) is 65.8 Å². The highest BCUT2D eigenvalue weighted by atomic mass is 19.3. The molecule has 2 aromatic carbocycles. The molecule has 0 saturated heterocycles. The van der Waals surface area contributed by atoms with Gasteiger partial charge in [-0.2, -0.15) is 8.78 Å². The average molecular weight is 407 g/mol. The molecule has 29 heavy (non-hydrogen) atoms. The fourth-order valence-electron chi connectivity index (χ4n) is 2.47. The van der Waals surface area contributed by atoms with Gasteiger partial charge in [-0.15, -0.1) is 0 Å². The lowest BCUT2D eigenvalue weighted by Gasteiger charge is -2.19. The molecule has 4 nitrogen and oxygen atoms in total. The molecule has 0 atom stereocenters. The zero-order valence-electron chi connectivity index (χ0n) is 14.8. The number of alkyl halides is 2. The van der Waals surface area contributed by atoms with E-state index in [1.165, 1.54) is 12.3 Å². The van der Waals surface area contributed by atoms with Crippen LogP contribution in [0.2, 0.25) is 0 Å². The predicted molar refractivity (Wildman–Crippen MR) is 96.5 cm³/mol. The quantitative estimate of drug-likeness (QED) is 0.275. The minimum absolute atomic E-state index is 0.0714. The van der Waals surface area contributed by atoms with E-state index in [9.17, 15) is 22.0 Å². The Bertz CT molecular complexity index is 1040. The fraction of sp³-hybridized carbons (Fsp3) is 0.100. The van der Waals surface area contributed by atoms with E-state index < -0.39 is 34.9 Å². The summed E-state index contributed by atoms with van der Waals surface area (Å²) in [6, 6.07) is 12.2. The van der Waals surface area contributed by atoms with Crippen molar-refractivity contribution < 1.29 is 26.7 Å². The maximum Gasteiger partial charge on any atom is 0.429 e. The highest BCUT2D eigenvalue weighted by Gasteiger charge is 2.40. The first-order chi connectivity index (χ1) is 13.8. The van der Waals surface area contributed by atoms with Crippen molar-refractivity contribution in [2.45, 2.75) is 12.5 Å². The fourth-order valence-corrected chi connectivity index (χ4v) is 2.47. The molecule has 0 amide bonds. The van der Waals surface area contributed by atoms with Gasteiger partial charge in [-0.05, 0) is 29.8 Å². The van der Waals surface area contributed by atoms with Crippen LogP contribution in [-0.2, 0) is 12.5 Å². The largest absolute Gasteiger partial charge is 0.429 e. The number of halogens is 5. The van der Waals surface area contributed by atoms with Crippen molar-refractivity contribution in [3.63, 3.8) is 0 Å². The number of aliphatic imine (C=N–C) groups is 1. The van der Waals surface area contributed by atoms with E-state index in [1.807, 2.05) is 6.07 Å². The minimum atomic E-state index is -4.32. The van der Waals surface area contributed by atoms with Crippen molar-refractivity contribution in [1.29, 1.82) is 0 Å². The van der Waals surface area contributed by atoms with E-state index in [4.69, 9.17) is 5.73 Å². The molecule has 2 N–H and O–H groups in total. The maximum atomic E-state index is 14.4. The van der Waals surface area contributed by atoms with E-state index in [0.29, 0.717) is 12.1 Å². The Balaban J connectivity index is 1.89. The molecule has 0 saturated carbocycles. The van der Waals surface area contributed by atoms with Gasteiger partial charge in [0.05, 0.1) is 0 Å². The first kappa shape index (κ1) is 20.2. The second kappa shape index (κ2) is 8.26. The molecule has 150 valence electrons. The molecule has 3 aromatic rings. The SMILES string of the molecule is NC(Cc1ccccc1)=Nc1ncccc1OC(F)(F)c1ccc(F)c(F)c1F. The summed E-state index contributed by atoms with van der Waals surface area (Å²) in [6.07, 6.45) is -2.82. The topological polar surface area (TPSA) is 60.5 Å². The van der Waals surface area contributed by atoms with Gasteiger partial charge in [-0.1, -0.05) is 30.3 Å². The number of rotatable bonds is 6. The molecule has 0 aliphatic rings. The standard InChI is InChI=1S/C20H14F5N3O/c21-14-9-8-13(17(22)18(14)23)20(24,25)29-15-7-4-10-27-19(15)28-16(26)11-12-5-2-1-3-6-12/h1-10H,11H2,(H2,26,27,28). The first-order valence-electron chi connectivity index (χ1n) is 8.30. The molecule has 1 heterocycles. The van der Waals surface area contributed by atoms with Gasteiger partial charge in [-0.25, -0.2) is 23.1 Å². The van der Waals surface area contributed by atoms with Crippen LogP contribution >= 0.6 is 0 Å². The van der Waals surface area contributed by atoms with Gasteiger partial charge in [0.15, 0.2) is 29.0 Å². The molecule has 0 spiro atoms. The molecule has 0 fully saturated rings. The van der Waals surface area contributed by atoms with Crippen LogP contribution in [0, 0.1) is 17.5 Å². The van der Waals surface area contributed by atoms with Crippen molar-refractivity contribution in [1.82, 2.24) is 4.98 Å². The van der Waals surface area contributed by atoms with E-state index in [-0.39, 0.29) is 18.1 Å². The lowest BCUT2D eigenvalue weighted by atomic mass is 10.1. The minimum Gasteiger partial charge on any atom is -0.425 e. The Morgan fingerprint density at radius 2 is 1.69 bits per heavy atom. The van der Waals surface area contributed by atoms with E-state index >= 15 is 0 Å². The molecule has 0 bridgehead atoms. The summed E-state index contributed by atoms with van der Waals surface area (Å²) >= 11 is 0. The Morgan fingerprint density at radius 1 is 0.966 bits per heavy atom. The van der Waals surface area contributed by atoms with Crippen LogP contribution in [0.4, 0.5) is 27.8 Å². The highest BCUT2D eigenvalue weighted by Crippen LogP contribution is 2.37. The normalized spacial score (nSPS) is 12.1. The third-order valence-corrected chi connectivity index (χ3v) is 3.82. The summed E-state index contributed by atoms with van der Waals surface area (Å²) < 4.78 is 73.5. The van der Waals surface area contributed by atoms with Gasteiger partial charge in [0.25, 0.3) is 0 Å². The molecule has 0 aliphatic heterocycles. The Labute approximate surface area is 162 Å². The summed E-state index contributed by atoms with van der Waals surface area (Å²) in [6.45, 7) is 0. The van der Waals surface area contributed by atoms with Gasteiger partial charge in [-0.3, -0.25) is 0 Å². The number of pyridine rings is 1. The van der Waals surface area contributed by atoms with E-state index in [2.05, 4.69) is 14.7 Å². The Hall–Kier alpha value is -3.49. The summed E-state index contributed by atoms with van der Waals surface area (Å²) in [7, 11) is 0. The molecular weight excluding hydrogens is 393 g/mol. The van der Waals surface area contributed by atoms with Crippen LogP contribution in [0.25, 0.3) is 0 Å². The average Bonchev–Trinajstić information content (AvgIpc) is 2.68. The van der Waals surface area contributed by atoms with Crippen LogP contribution in [0.3, 0.4) is 0 Å². The lowest BCUT2D eigenvalue weighted by molar-refractivity contribution is -0.187. The zero-order chi connectivity index (χ0) is 21.0. The summed E-state index contributed by atoms with van der Waals surface area (Å²) in [4.78, 5) is 7.82. The molecule has 3 rings (SSSR count). The third-order valence-electron chi connectivity index (χ3n) is 3.82. The number of nitrogens with zero attached hydrogens (tertiary/aromatic N) is 2. The van der Waals surface area contributed by atoms with Gasteiger partial charge in [0, 0.05) is 12.6 Å². The van der Waals surface area contributed by atoms with Gasteiger partial charge >= 0.3 is 6.11 Å². The molecule has 0 unspecified atom stereocenters. The zero-order valence-corrected chi connectivity index (χ0v) is 14.8. The van der Waals surface area contributed by atoms with Crippen molar-refractivity contribution in [2.24, 2.45) is 10.7 Å². The third kappa shape index (κ3) is 4.68. The maximum absolute atomic E-state index is 14.4. The van der Waals surface area contributed by atoms with E-state index in [1.54, 1.807) is 24.3 Å². The summed E-state index contributed by atoms with van der Waals surface area (Å²) in [5.74, 6) is -6.39. The number of hydrogen-bond acceptors (Lipinski definition) is 3. The summed E-state index contributed by atoms with van der Waals surface area (Å²) in [5.41, 5.74) is 5.23. The van der Waals surface area contributed by atoms with Crippen molar-refractivity contribution >= 4 is 11.7 Å². The highest BCUT2D eigenvalue weighted by molar-refractivity contribution is 5.85. The molecule has 9 heteroatoms. The van der Waals surface area contributed by atoms with Crippen LogP contribution < -0.4 is 10.5 Å². The summed E-state index contributed by atoms with van der Waals surface area (Å²) in [5, 5.41) is 0. The van der Waals surface area contributed by atoms with Crippen LogP contribution in [-0.4, -0.2) is 10.8 Å². The molecule has 1 aromatic heterocycles. The second-order valence-corrected chi connectivity index (χ2v) is 5.93. The van der Waals surface area contributed by atoms with E-state index in [0.717, 1.165) is 11.6 Å². The molecule has 0 radical (unpaired) electrons. The smallest absolute Gasteiger partial charge is 0.425 e. The van der Waals surface area contributed by atoms with Crippen molar-refractivity contribution in [3.8, 4) is 5.75 Å². The number of amidine groups is 1. The molecular formula is C20H14F5N3O. The number of benzene rings is 2. The second-order valence-electron chi connectivity index (χ2n) is 5.93. The predicted octanol–water partition coefficient (Wildman–Crippen LogP) is 4.86. The number of hydrogen-bond donors (Lipinski definition) is 1. The van der Waals surface area contributed by atoms with Crippen LogP contribution in [0.5, 0.6) is 5.75 Å². The van der Waals surface area contributed by atoms with Crippen molar-refractivity contribution in [2.75, 3.05) is 0 Å². The number of aromatic nitrogens is 1. The number of nitrogens with two attached hydrogens (primary N) is 1.